The average Bonchev–Trinajstić information content (AvgIpc) is 3.52. The Bertz CT molecular complexity index is 1540. The zero-order chi connectivity index (χ0) is 23.7. The van der Waals surface area contributed by atoms with Gasteiger partial charge in [0.25, 0.3) is 0 Å². The highest BCUT2D eigenvalue weighted by Crippen LogP contribution is 2.45. The first kappa shape index (κ1) is 21.1. The number of aliphatic hydroxyl groups excluding tert-OH is 2. The van der Waals surface area contributed by atoms with Crippen LogP contribution in [0.4, 0.5) is 19.7 Å². The van der Waals surface area contributed by atoms with Crippen LogP contribution in [0.2, 0.25) is 0 Å². The normalized spacial score (nSPS) is 19.8. The Morgan fingerprint density at radius 1 is 1.15 bits per heavy atom. The van der Waals surface area contributed by atoms with E-state index in [2.05, 4.69) is 15.0 Å². The van der Waals surface area contributed by atoms with Crippen molar-refractivity contribution in [2.75, 3.05) is 23.7 Å². The topological polar surface area (TPSA) is 141 Å². The summed E-state index contributed by atoms with van der Waals surface area (Å²) in [5, 5.41) is 30.1. The number of fused-ring (bicyclic) bond motifs is 4. The number of hydrogen-bond donors (Lipinski definition) is 3. The second-order valence-electron chi connectivity index (χ2n) is 8.22. The molecule has 12 heteroatoms. The van der Waals surface area contributed by atoms with Crippen molar-refractivity contribution in [1.82, 2.24) is 15.0 Å². The predicted molar refractivity (Wildman–Crippen MR) is 120 cm³/mol. The Kier molecular flexibility index (Phi) is 4.65. The average molecular weight is 482 g/mol. The molecule has 0 amide bonds. The monoisotopic (exact) mass is 482 g/mol. The van der Waals surface area contributed by atoms with Crippen molar-refractivity contribution in [3.05, 3.63) is 40.7 Å². The van der Waals surface area contributed by atoms with Gasteiger partial charge in [0.15, 0.2) is 11.6 Å². The van der Waals surface area contributed by atoms with Gasteiger partial charge in [-0.2, -0.15) is 5.26 Å². The van der Waals surface area contributed by atoms with Gasteiger partial charge in [-0.15, -0.1) is 11.3 Å². The first-order chi connectivity index (χ1) is 16.4. The number of nitrogens with zero attached hydrogens (tertiary/aromatic N) is 5. The molecule has 0 radical (unpaired) electrons. The molecule has 172 valence electrons. The number of β-amino-alcohol motifs (C(OH)–C–C–N with tert-alkyl or cyclic N) is 2. The lowest BCUT2D eigenvalue weighted by atomic mass is 9.94. The summed E-state index contributed by atoms with van der Waals surface area (Å²) in [4.78, 5) is 14.5. The summed E-state index contributed by atoms with van der Waals surface area (Å²) in [6.45, 7) is 0.514. The summed E-state index contributed by atoms with van der Waals surface area (Å²) in [6.07, 6.45) is 0.557. The molecular weight excluding hydrogens is 466 g/mol. The minimum absolute atomic E-state index is 0.00103. The number of aromatic nitrogens is 3. The van der Waals surface area contributed by atoms with Crippen LogP contribution in [0.15, 0.2) is 12.4 Å². The number of nitrogens with two attached hydrogens (primary N) is 1. The number of halogens is 2. The molecule has 0 aliphatic carbocycles. The van der Waals surface area contributed by atoms with E-state index in [-0.39, 0.29) is 69.7 Å². The summed E-state index contributed by atoms with van der Waals surface area (Å²) >= 11 is 0.908. The molecule has 4 aromatic rings. The van der Waals surface area contributed by atoms with Crippen molar-refractivity contribution >= 4 is 43.3 Å². The first-order valence-electron chi connectivity index (χ1n) is 10.3. The maximum absolute atomic E-state index is 16.2. The Morgan fingerprint density at radius 2 is 1.88 bits per heavy atom. The molecule has 9 nitrogen and oxygen atoms in total. The SMILES string of the molecule is N#Cc1c(N)sc2c(F)cnc(-c3c4c(c5cnc(N6C[C@@H](O)[C@@H](O)C6)nc5c3F)COC4)c12. The zero-order valence-electron chi connectivity index (χ0n) is 17.4. The lowest BCUT2D eigenvalue weighted by Crippen LogP contribution is -2.23. The van der Waals surface area contributed by atoms with Gasteiger partial charge in [0, 0.05) is 35.6 Å². The minimum Gasteiger partial charge on any atom is -0.389 e. The van der Waals surface area contributed by atoms with Crippen LogP contribution in [-0.2, 0) is 18.0 Å². The van der Waals surface area contributed by atoms with E-state index < -0.39 is 23.8 Å². The molecule has 1 saturated heterocycles. The molecule has 0 unspecified atom stereocenters. The number of nitrogen functional groups attached to an aromatic ring is 1. The first-order valence-corrected chi connectivity index (χ1v) is 11.2. The second-order valence-corrected chi connectivity index (χ2v) is 9.28. The molecule has 0 spiro atoms. The van der Waals surface area contributed by atoms with Crippen molar-refractivity contribution in [3.8, 4) is 17.3 Å². The highest BCUT2D eigenvalue weighted by atomic mass is 32.1. The molecule has 2 aliphatic heterocycles. The van der Waals surface area contributed by atoms with Crippen molar-refractivity contribution in [3.63, 3.8) is 0 Å². The number of thiophene rings is 1. The van der Waals surface area contributed by atoms with Crippen molar-refractivity contribution in [2.24, 2.45) is 0 Å². The molecule has 34 heavy (non-hydrogen) atoms. The van der Waals surface area contributed by atoms with Crippen molar-refractivity contribution in [2.45, 2.75) is 25.4 Å². The van der Waals surface area contributed by atoms with Crippen LogP contribution in [0.5, 0.6) is 0 Å². The number of rotatable bonds is 2. The van der Waals surface area contributed by atoms with Gasteiger partial charge in [-0.3, -0.25) is 4.98 Å². The summed E-state index contributed by atoms with van der Waals surface area (Å²) in [5.41, 5.74) is 7.37. The Balaban J connectivity index is 1.65. The number of pyridine rings is 1. The van der Waals surface area contributed by atoms with E-state index >= 15 is 4.39 Å². The number of nitriles is 1. The summed E-state index contributed by atoms with van der Waals surface area (Å²) in [5.74, 6) is -1.21. The standard InChI is InChI=1S/C22H16F2N6O3S/c23-12-3-27-19(16-8(1-25)21(26)34-20(12)16)15-11-7-33-6-10(11)9-2-28-22(29-18(9)17(15)24)30-4-13(31)14(32)5-30/h2-3,13-14,31-32H,4-7,26H2/t13-,14+. The second kappa shape index (κ2) is 7.51. The summed E-state index contributed by atoms with van der Waals surface area (Å²) in [6, 6.07) is 1.98. The van der Waals surface area contributed by atoms with Crippen LogP contribution in [0, 0.1) is 23.0 Å². The zero-order valence-corrected chi connectivity index (χ0v) is 18.2. The Hall–Kier alpha value is -3.50. The molecule has 0 saturated carbocycles. The molecule has 2 aliphatic rings. The molecular formula is C22H16F2N6O3S. The van der Waals surface area contributed by atoms with Crippen LogP contribution in [0.25, 0.3) is 32.2 Å². The number of ether oxygens (including phenoxy) is 1. The van der Waals surface area contributed by atoms with Gasteiger partial charge in [0.1, 0.15) is 16.6 Å². The van der Waals surface area contributed by atoms with E-state index in [0.717, 1.165) is 17.5 Å². The quantitative estimate of drug-likeness (QED) is 0.392. The molecule has 1 aromatic carbocycles. The van der Waals surface area contributed by atoms with Gasteiger partial charge < -0.3 is 25.6 Å². The van der Waals surface area contributed by atoms with E-state index in [9.17, 15) is 19.9 Å². The van der Waals surface area contributed by atoms with Gasteiger partial charge in [0.05, 0.1) is 47.6 Å². The fourth-order valence-corrected chi connectivity index (χ4v) is 5.54. The van der Waals surface area contributed by atoms with Gasteiger partial charge in [-0.1, -0.05) is 0 Å². The number of aliphatic hydroxyl groups is 2. The fourth-order valence-electron chi connectivity index (χ4n) is 4.62. The molecule has 0 bridgehead atoms. The number of anilines is 2. The fraction of sp³-hybridized carbons (Fsp3) is 0.273. The largest absolute Gasteiger partial charge is 0.389 e. The number of benzene rings is 1. The van der Waals surface area contributed by atoms with E-state index in [4.69, 9.17) is 10.5 Å². The van der Waals surface area contributed by atoms with E-state index in [0.29, 0.717) is 16.5 Å². The lowest BCUT2D eigenvalue weighted by molar-refractivity contribution is 0.0572. The van der Waals surface area contributed by atoms with E-state index in [1.807, 2.05) is 6.07 Å². The maximum Gasteiger partial charge on any atom is 0.226 e. The van der Waals surface area contributed by atoms with Gasteiger partial charge >= 0.3 is 0 Å². The molecule has 4 N–H and O–H groups in total. The maximum atomic E-state index is 16.2. The van der Waals surface area contributed by atoms with Crippen molar-refractivity contribution in [1.29, 1.82) is 5.26 Å². The van der Waals surface area contributed by atoms with Gasteiger partial charge in [-0.25, -0.2) is 18.7 Å². The van der Waals surface area contributed by atoms with E-state index in [1.54, 1.807) is 4.90 Å². The van der Waals surface area contributed by atoms with E-state index in [1.165, 1.54) is 6.20 Å². The Morgan fingerprint density at radius 3 is 2.62 bits per heavy atom. The third kappa shape index (κ3) is 2.88. The van der Waals surface area contributed by atoms with Crippen LogP contribution in [-0.4, -0.2) is 50.5 Å². The van der Waals surface area contributed by atoms with Gasteiger partial charge in [0.2, 0.25) is 5.95 Å². The van der Waals surface area contributed by atoms with Gasteiger partial charge in [-0.05, 0) is 11.1 Å². The molecule has 6 rings (SSSR count). The third-order valence-electron chi connectivity index (χ3n) is 6.27. The van der Waals surface area contributed by atoms with Crippen LogP contribution < -0.4 is 10.6 Å². The molecule has 2 atom stereocenters. The molecule has 5 heterocycles. The minimum atomic E-state index is -0.960. The smallest absolute Gasteiger partial charge is 0.226 e. The lowest BCUT2D eigenvalue weighted by Gasteiger charge is -2.17. The summed E-state index contributed by atoms with van der Waals surface area (Å²) < 4.78 is 36.4. The molecule has 3 aromatic heterocycles. The van der Waals surface area contributed by atoms with Crippen LogP contribution in [0.3, 0.4) is 0 Å². The summed E-state index contributed by atoms with van der Waals surface area (Å²) in [7, 11) is 0. The highest BCUT2D eigenvalue weighted by Gasteiger charge is 2.33. The highest BCUT2D eigenvalue weighted by molar-refractivity contribution is 7.23. The number of hydrogen-bond acceptors (Lipinski definition) is 10. The van der Waals surface area contributed by atoms with Crippen LogP contribution >= 0.6 is 11.3 Å². The predicted octanol–water partition coefficient (Wildman–Crippen LogP) is 2.21. The molecule has 1 fully saturated rings. The van der Waals surface area contributed by atoms with Crippen LogP contribution in [0.1, 0.15) is 16.7 Å². The Labute approximate surface area is 194 Å². The third-order valence-corrected chi connectivity index (χ3v) is 7.30. The van der Waals surface area contributed by atoms with Crippen molar-refractivity contribution < 1.29 is 23.7 Å².